The molecule has 11 nitrogen and oxygen atoms in total. The van der Waals surface area contributed by atoms with Gasteiger partial charge in [0.1, 0.15) is 17.9 Å². The topological polar surface area (TPSA) is 156 Å². The van der Waals surface area contributed by atoms with Crippen LogP contribution in [0, 0.1) is 0 Å². The number of carboxylic acids is 2. The van der Waals surface area contributed by atoms with Crippen molar-refractivity contribution >= 4 is 29.5 Å². The molecule has 170 valence electrons. The summed E-state index contributed by atoms with van der Waals surface area (Å²) in [7, 11) is 0. The van der Waals surface area contributed by atoms with E-state index in [0.29, 0.717) is 13.1 Å². The quantitative estimate of drug-likeness (QED) is 0.286. The largest absolute Gasteiger partial charge is 0.480 e. The molecule has 2 amide bonds. The molecule has 1 aliphatic heterocycles. The summed E-state index contributed by atoms with van der Waals surface area (Å²) < 4.78 is 0. The molecule has 1 aliphatic rings. The van der Waals surface area contributed by atoms with Crippen molar-refractivity contribution in [2.24, 2.45) is 0 Å². The zero-order valence-corrected chi connectivity index (χ0v) is 17.6. The van der Waals surface area contributed by atoms with E-state index in [1.165, 1.54) is 6.92 Å². The Balaban J connectivity index is 2.50. The summed E-state index contributed by atoms with van der Waals surface area (Å²) in [5, 5.41) is 22.8. The van der Waals surface area contributed by atoms with E-state index in [-0.39, 0.29) is 6.54 Å². The average molecular weight is 428 g/mol. The number of hydrogen-bond acceptors (Lipinski definition) is 7. The lowest BCUT2D eigenvalue weighted by atomic mass is 10.1. The van der Waals surface area contributed by atoms with Crippen LogP contribution in [-0.2, 0) is 24.0 Å². The van der Waals surface area contributed by atoms with Gasteiger partial charge in [-0.15, -0.1) is 0 Å². The molecular weight excluding hydrogens is 396 g/mol. The van der Waals surface area contributed by atoms with Crippen molar-refractivity contribution < 1.29 is 34.2 Å². The SMILES string of the molecule is CCCCN1CCN(CC(=O)N[C@@H](CC(=O)N[C@@H](CC(C)=O)C(=O)O)C(=O)O)CC1. The molecule has 2 atom stereocenters. The van der Waals surface area contributed by atoms with E-state index in [4.69, 9.17) is 5.11 Å². The number of aliphatic carboxylic acids is 2. The minimum Gasteiger partial charge on any atom is -0.480 e. The molecule has 11 heteroatoms. The smallest absolute Gasteiger partial charge is 0.326 e. The number of rotatable bonds is 13. The van der Waals surface area contributed by atoms with Gasteiger partial charge in [-0.05, 0) is 19.9 Å². The molecule has 4 N–H and O–H groups in total. The number of carboxylic acid groups (broad SMARTS) is 2. The standard InChI is InChI=1S/C19H32N4O7/c1-3-4-5-22-6-8-23(9-7-22)12-17(26)21-15(19(29)30)11-16(25)20-14(18(27)28)10-13(2)24/h14-15H,3-12H2,1-2H3,(H,20,25)(H,21,26)(H,27,28)(H,29,30)/t14-,15-/m0/s1. The van der Waals surface area contributed by atoms with Crippen molar-refractivity contribution in [1.82, 2.24) is 20.4 Å². The van der Waals surface area contributed by atoms with Gasteiger partial charge in [-0.1, -0.05) is 13.3 Å². The van der Waals surface area contributed by atoms with Crippen LogP contribution in [0.2, 0.25) is 0 Å². The zero-order chi connectivity index (χ0) is 22.7. The highest BCUT2D eigenvalue weighted by atomic mass is 16.4. The van der Waals surface area contributed by atoms with Gasteiger partial charge in [-0.3, -0.25) is 19.3 Å². The van der Waals surface area contributed by atoms with Gasteiger partial charge >= 0.3 is 11.9 Å². The Kier molecular flexibility index (Phi) is 11.0. The Morgan fingerprint density at radius 3 is 1.83 bits per heavy atom. The first-order valence-electron chi connectivity index (χ1n) is 10.1. The van der Waals surface area contributed by atoms with E-state index in [9.17, 15) is 29.1 Å². The molecule has 1 rings (SSSR count). The van der Waals surface area contributed by atoms with E-state index < -0.39 is 54.5 Å². The van der Waals surface area contributed by atoms with Gasteiger partial charge in [0, 0.05) is 32.6 Å². The molecule has 0 spiro atoms. The highest BCUT2D eigenvalue weighted by molar-refractivity contribution is 5.92. The number of ketones is 1. The predicted molar refractivity (Wildman–Crippen MR) is 107 cm³/mol. The molecule has 1 saturated heterocycles. The first-order chi connectivity index (χ1) is 14.1. The molecule has 1 heterocycles. The molecule has 1 fully saturated rings. The van der Waals surface area contributed by atoms with E-state index in [2.05, 4.69) is 22.5 Å². The number of Topliss-reactive ketones (excluding diaryl/α,β-unsaturated/α-hetero) is 1. The Morgan fingerprint density at radius 1 is 0.833 bits per heavy atom. The van der Waals surface area contributed by atoms with E-state index >= 15 is 0 Å². The fourth-order valence-corrected chi connectivity index (χ4v) is 3.12. The predicted octanol–water partition coefficient (Wildman–Crippen LogP) is -1.09. The maximum absolute atomic E-state index is 12.2. The maximum Gasteiger partial charge on any atom is 0.326 e. The van der Waals surface area contributed by atoms with E-state index in [0.717, 1.165) is 32.5 Å². The van der Waals surface area contributed by atoms with E-state index in [1.807, 2.05) is 4.90 Å². The second-order valence-electron chi connectivity index (χ2n) is 7.50. The average Bonchev–Trinajstić information content (AvgIpc) is 2.65. The number of amides is 2. The lowest BCUT2D eigenvalue weighted by Crippen LogP contribution is -2.52. The number of nitrogens with one attached hydrogen (secondary N) is 2. The fourth-order valence-electron chi connectivity index (χ4n) is 3.12. The van der Waals surface area contributed by atoms with Gasteiger partial charge in [0.2, 0.25) is 11.8 Å². The van der Waals surface area contributed by atoms with Crippen LogP contribution in [0.5, 0.6) is 0 Å². The third-order valence-corrected chi connectivity index (χ3v) is 4.81. The van der Waals surface area contributed by atoms with Crippen LogP contribution in [0.3, 0.4) is 0 Å². The Hall–Kier alpha value is -2.53. The number of piperazine rings is 1. The highest BCUT2D eigenvalue weighted by Crippen LogP contribution is 2.04. The lowest BCUT2D eigenvalue weighted by Gasteiger charge is -2.34. The first kappa shape index (κ1) is 25.5. The summed E-state index contributed by atoms with van der Waals surface area (Å²) in [5.41, 5.74) is 0. The van der Waals surface area contributed by atoms with Crippen LogP contribution in [0.25, 0.3) is 0 Å². The normalized spacial score (nSPS) is 17.0. The lowest BCUT2D eigenvalue weighted by molar-refractivity contribution is -0.145. The molecular formula is C19H32N4O7. The molecule has 0 aromatic rings. The summed E-state index contributed by atoms with van der Waals surface area (Å²) >= 11 is 0. The van der Waals surface area contributed by atoms with Crippen LogP contribution in [0.4, 0.5) is 0 Å². The summed E-state index contributed by atoms with van der Waals surface area (Å²) in [6, 6.07) is -2.93. The van der Waals surface area contributed by atoms with Gasteiger partial charge in [0.05, 0.1) is 13.0 Å². The number of carbonyl (C=O) groups excluding carboxylic acids is 3. The summed E-state index contributed by atoms with van der Waals surface area (Å²) in [6.07, 6.45) is 1.20. The second-order valence-corrected chi connectivity index (χ2v) is 7.50. The van der Waals surface area contributed by atoms with Crippen molar-refractivity contribution in [1.29, 1.82) is 0 Å². The third kappa shape index (κ3) is 9.79. The molecule has 30 heavy (non-hydrogen) atoms. The monoisotopic (exact) mass is 428 g/mol. The van der Waals surface area contributed by atoms with Gasteiger partial charge in [-0.25, -0.2) is 9.59 Å². The number of carbonyl (C=O) groups is 5. The van der Waals surface area contributed by atoms with Gasteiger partial charge in [0.25, 0.3) is 0 Å². The molecule has 0 saturated carbocycles. The maximum atomic E-state index is 12.2. The molecule has 0 aliphatic carbocycles. The van der Waals surface area contributed by atoms with Crippen LogP contribution in [0.15, 0.2) is 0 Å². The summed E-state index contributed by atoms with van der Waals surface area (Å²) in [6.45, 7) is 7.43. The Morgan fingerprint density at radius 2 is 1.33 bits per heavy atom. The molecule has 0 aromatic carbocycles. The zero-order valence-electron chi connectivity index (χ0n) is 17.6. The van der Waals surface area contributed by atoms with Gasteiger partial charge in [0.15, 0.2) is 0 Å². The van der Waals surface area contributed by atoms with Crippen molar-refractivity contribution in [3.05, 3.63) is 0 Å². The van der Waals surface area contributed by atoms with Crippen LogP contribution >= 0.6 is 0 Å². The van der Waals surface area contributed by atoms with Crippen molar-refractivity contribution in [3.8, 4) is 0 Å². The minimum absolute atomic E-state index is 0.0229. The Labute approximate surface area is 175 Å². The number of hydrogen-bond donors (Lipinski definition) is 4. The van der Waals surface area contributed by atoms with Crippen molar-refractivity contribution in [2.75, 3.05) is 39.3 Å². The number of nitrogens with zero attached hydrogens (tertiary/aromatic N) is 2. The molecule has 0 radical (unpaired) electrons. The summed E-state index contributed by atoms with van der Waals surface area (Å²) in [5.74, 6) is -4.62. The van der Waals surface area contributed by atoms with Gasteiger partial charge in [-0.2, -0.15) is 0 Å². The minimum atomic E-state index is -1.49. The second kappa shape index (κ2) is 12.9. The van der Waals surface area contributed by atoms with Crippen molar-refractivity contribution in [3.63, 3.8) is 0 Å². The molecule has 0 unspecified atom stereocenters. The van der Waals surface area contributed by atoms with Crippen molar-refractivity contribution in [2.45, 2.75) is 51.6 Å². The highest BCUT2D eigenvalue weighted by Gasteiger charge is 2.28. The number of unbranched alkanes of at least 4 members (excludes halogenated alkanes) is 1. The third-order valence-electron chi connectivity index (χ3n) is 4.81. The fraction of sp³-hybridized carbons (Fsp3) is 0.737. The molecule has 0 aromatic heterocycles. The molecule has 0 bridgehead atoms. The van der Waals surface area contributed by atoms with Gasteiger partial charge < -0.3 is 25.7 Å². The van der Waals surface area contributed by atoms with E-state index in [1.54, 1.807) is 0 Å². The Bertz CT molecular complexity index is 632. The summed E-state index contributed by atoms with van der Waals surface area (Å²) in [4.78, 5) is 62.1. The first-order valence-corrected chi connectivity index (χ1v) is 10.1. The van der Waals surface area contributed by atoms with Crippen LogP contribution in [-0.4, -0.2) is 101 Å². The van der Waals surface area contributed by atoms with Crippen LogP contribution < -0.4 is 10.6 Å². The van der Waals surface area contributed by atoms with Crippen LogP contribution in [0.1, 0.15) is 39.5 Å².